The molecule has 0 aliphatic rings. The fraction of sp³-hybridized carbons (Fsp3) is 0.438. The van der Waals surface area contributed by atoms with Crippen molar-refractivity contribution in [1.29, 1.82) is 0 Å². The Hall–Kier alpha value is -1.42. The van der Waals surface area contributed by atoms with Crippen LogP contribution in [0.1, 0.15) is 24.2 Å². The fourth-order valence-corrected chi connectivity index (χ4v) is 2.63. The van der Waals surface area contributed by atoms with E-state index in [0.717, 1.165) is 38.0 Å². The largest absolute Gasteiger partial charge is 0.508 e. The molecule has 0 saturated carbocycles. The van der Waals surface area contributed by atoms with Crippen LogP contribution in [0.5, 0.6) is 5.75 Å². The average Bonchev–Trinajstić information content (AvgIpc) is 2.91. The zero-order valence-corrected chi connectivity index (χ0v) is 12.8. The summed E-state index contributed by atoms with van der Waals surface area (Å²) in [5, 5.41) is 9.24. The molecule has 3 nitrogen and oxygen atoms in total. The van der Waals surface area contributed by atoms with Crippen molar-refractivity contribution in [2.45, 2.75) is 32.2 Å². The quantitative estimate of drug-likeness (QED) is 0.756. The second-order valence-corrected chi connectivity index (χ2v) is 5.89. The molecule has 0 aliphatic carbocycles. The highest BCUT2D eigenvalue weighted by molar-refractivity contribution is 7.98. The van der Waals surface area contributed by atoms with E-state index in [1.54, 1.807) is 12.1 Å². The maximum absolute atomic E-state index is 9.24. The molecule has 2 aromatic rings. The van der Waals surface area contributed by atoms with Gasteiger partial charge in [-0.15, -0.1) is 0 Å². The van der Waals surface area contributed by atoms with Crippen LogP contribution in [0.15, 0.2) is 36.7 Å². The molecule has 0 radical (unpaired) electrons. The summed E-state index contributed by atoms with van der Waals surface area (Å²) in [6, 6.07) is 7.50. The Bertz CT molecular complexity index is 507. The molecule has 4 heteroatoms. The van der Waals surface area contributed by atoms with Crippen LogP contribution in [0.3, 0.4) is 0 Å². The Morgan fingerprint density at radius 3 is 2.70 bits per heavy atom. The molecule has 2 rings (SSSR count). The van der Waals surface area contributed by atoms with Gasteiger partial charge in [-0.3, -0.25) is 0 Å². The maximum Gasteiger partial charge on any atom is 0.115 e. The molecule has 0 atom stereocenters. The van der Waals surface area contributed by atoms with E-state index < -0.39 is 0 Å². The van der Waals surface area contributed by atoms with Crippen LogP contribution >= 0.6 is 11.8 Å². The molecule has 0 fully saturated rings. The van der Waals surface area contributed by atoms with E-state index in [1.807, 2.05) is 30.1 Å². The minimum absolute atomic E-state index is 0.339. The van der Waals surface area contributed by atoms with Crippen molar-refractivity contribution in [3.05, 3.63) is 48.0 Å². The van der Waals surface area contributed by atoms with Crippen molar-refractivity contribution < 1.29 is 5.11 Å². The number of rotatable bonds is 8. The minimum atomic E-state index is 0.339. The number of benzene rings is 1. The lowest BCUT2D eigenvalue weighted by Gasteiger charge is -2.07. The van der Waals surface area contributed by atoms with Gasteiger partial charge in [-0.1, -0.05) is 12.1 Å². The van der Waals surface area contributed by atoms with E-state index in [0.29, 0.717) is 5.75 Å². The highest BCUT2D eigenvalue weighted by atomic mass is 32.2. The summed E-state index contributed by atoms with van der Waals surface area (Å²) in [4.78, 5) is 4.42. The first-order chi connectivity index (χ1) is 9.79. The van der Waals surface area contributed by atoms with Crippen molar-refractivity contribution in [1.82, 2.24) is 9.55 Å². The molecule has 1 aromatic heterocycles. The summed E-state index contributed by atoms with van der Waals surface area (Å²) in [6.07, 6.45) is 10.5. The van der Waals surface area contributed by atoms with E-state index in [-0.39, 0.29) is 0 Å². The predicted octanol–water partition coefficient (Wildman–Crippen LogP) is 3.52. The smallest absolute Gasteiger partial charge is 0.115 e. The van der Waals surface area contributed by atoms with Gasteiger partial charge in [0.2, 0.25) is 0 Å². The number of hydrogen-bond acceptors (Lipinski definition) is 3. The second-order valence-electron chi connectivity index (χ2n) is 4.90. The van der Waals surface area contributed by atoms with Gasteiger partial charge in [0.05, 0.1) is 0 Å². The number of aromatic hydroxyl groups is 1. The van der Waals surface area contributed by atoms with Crippen LogP contribution in [-0.2, 0) is 19.4 Å². The van der Waals surface area contributed by atoms with Gasteiger partial charge in [-0.25, -0.2) is 4.98 Å². The van der Waals surface area contributed by atoms with Gasteiger partial charge in [0.25, 0.3) is 0 Å². The van der Waals surface area contributed by atoms with Gasteiger partial charge in [0.15, 0.2) is 0 Å². The zero-order chi connectivity index (χ0) is 14.2. The molecule has 1 heterocycles. The summed E-state index contributed by atoms with van der Waals surface area (Å²) in [5.74, 6) is 2.67. The lowest BCUT2D eigenvalue weighted by Crippen LogP contribution is -2.04. The van der Waals surface area contributed by atoms with Gasteiger partial charge in [0.1, 0.15) is 11.6 Å². The highest BCUT2D eigenvalue weighted by Gasteiger charge is 2.02. The van der Waals surface area contributed by atoms with E-state index in [9.17, 15) is 5.11 Å². The van der Waals surface area contributed by atoms with Crippen molar-refractivity contribution in [3.8, 4) is 5.75 Å². The molecule has 1 N–H and O–H groups in total. The zero-order valence-electron chi connectivity index (χ0n) is 12.0. The van der Waals surface area contributed by atoms with E-state index >= 15 is 0 Å². The number of imidazole rings is 1. The van der Waals surface area contributed by atoms with Gasteiger partial charge in [-0.05, 0) is 43.2 Å². The first kappa shape index (κ1) is 15.0. The summed E-state index contributed by atoms with van der Waals surface area (Å²) in [5.41, 5.74) is 1.29. The van der Waals surface area contributed by atoms with Crippen LogP contribution in [-0.4, -0.2) is 26.7 Å². The molecule has 0 bridgehead atoms. The minimum Gasteiger partial charge on any atom is -0.508 e. The number of phenols is 1. The topological polar surface area (TPSA) is 38.0 Å². The van der Waals surface area contributed by atoms with Crippen molar-refractivity contribution >= 4 is 11.8 Å². The first-order valence-electron chi connectivity index (χ1n) is 7.06. The number of aromatic nitrogens is 2. The number of aryl methyl sites for hydroxylation is 3. The summed E-state index contributed by atoms with van der Waals surface area (Å²) in [7, 11) is 0. The Kier molecular flexibility index (Phi) is 5.99. The molecule has 108 valence electrons. The van der Waals surface area contributed by atoms with Gasteiger partial charge >= 0.3 is 0 Å². The summed E-state index contributed by atoms with van der Waals surface area (Å²) >= 11 is 1.86. The van der Waals surface area contributed by atoms with Gasteiger partial charge < -0.3 is 9.67 Å². The SMILES string of the molecule is CSCCc1nccn1CCCCc1ccc(O)cc1. The summed E-state index contributed by atoms with van der Waals surface area (Å²) in [6.45, 7) is 1.04. The Morgan fingerprint density at radius 2 is 1.95 bits per heavy atom. The average molecular weight is 290 g/mol. The third-order valence-electron chi connectivity index (χ3n) is 3.38. The molecule has 20 heavy (non-hydrogen) atoms. The number of thioether (sulfide) groups is 1. The molecule has 0 spiro atoms. The van der Waals surface area contributed by atoms with Gasteiger partial charge in [-0.2, -0.15) is 11.8 Å². The van der Waals surface area contributed by atoms with E-state index in [2.05, 4.69) is 22.0 Å². The van der Waals surface area contributed by atoms with Crippen molar-refractivity contribution in [2.24, 2.45) is 0 Å². The maximum atomic E-state index is 9.24. The van der Waals surface area contributed by atoms with E-state index in [4.69, 9.17) is 0 Å². The fourth-order valence-electron chi connectivity index (χ4n) is 2.24. The summed E-state index contributed by atoms with van der Waals surface area (Å²) < 4.78 is 2.27. The van der Waals surface area contributed by atoms with Crippen molar-refractivity contribution in [3.63, 3.8) is 0 Å². The lowest BCUT2D eigenvalue weighted by atomic mass is 10.1. The van der Waals surface area contributed by atoms with Gasteiger partial charge in [0, 0.05) is 31.1 Å². The third kappa shape index (κ3) is 4.60. The number of phenolic OH excluding ortho intramolecular Hbond substituents is 1. The molecule has 0 amide bonds. The number of hydrogen-bond donors (Lipinski definition) is 1. The first-order valence-corrected chi connectivity index (χ1v) is 8.46. The van der Waals surface area contributed by atoms with Crippen LogP contribution in [0, 0.1) is 0 Å². The van der Waals surface area contributed by atoms with E-state index in [1.165, 1.54) is 11.4 Å². The molecule has 1 aromatic carbocycles. The van der Waals surface area contributed by atoms with Crippen molar-refractivity contribution in [2.75, 3.05) is 12.0 Å². The molecular formula is C16H22N2OS. The Labute approximate surface area is 125 Å². The van der Waals surface area contributed by atoms with Crippen LogP contribution in [0.2, 0.25) is 0 Å². The molecule has 0 aliphatic heterocycles. The number of nitrogens with zero attached hydrogens (tertiary/aromatic N) is 2. The predicted molar refractivity (Wildman–Crippen MR) is 85.4 cm³/mol. The third-order valence-corrected chi connectivity index (χ3v) is 3.99. The molecular weight excluding hydrogens is 268 g/mol. The Balaban J connectivity index is 1.73. The standard InChI is InChI=1S/C16H22N2OS/c1-20-13-9-16-17-10-12-18(16)11-3-2-4-14-5-7-15(19)8-6-14/h5-8,10,12,19H,2-4,9,11,13H2,1H3. The van der Waals surface area contributed by atoms with Crippen LogP contribution in [0.25, 0.3) is 0 Å². The second kappa shape index (κ2) is 8.00. The van der Waals surface area contributed by atoms with Crippen LogP contribution in [0.4, 0.5) is 0 Å². The monoisotopic (exact) mass is 290 g/mol. The van der Waals surface area contributed by atoms with Crippen LogP contribution < -0.4 is 0 Å². The Morgan fingerprint density at radius 1 is 1.15 bits per heavy atom. The molecule has 0 unspecified atom stereocenters. The lowest BCUT2D eigenvalue weighted by molar-refractivity contribution is 0.475. The highest BCUT2D eigenvalue weighted by Crippen LogP contribution is 2.12. The number of unbranched alkanes of at least 4 members (excludes halogenated alkanes) is 1. The molecule has 0 saturated heterocycles. The normalized spacial score (nSPS) is 10.8.